The van der Waals surface area contributed by atoms with Gasteiger partial charge in [0.25, 0.3) is 0 Å². The van der Waals surface area contributed by atoms with Crippen LogP contribution in [0.2, 0.25) is 0 Å². The van der Waals surface area contributed by atoms with Gasteiger partial charge in [0, 0.05) is 5.92 Å². The molecule has 1 atom stereocenters. The first-order chi connectivity index (χ1) is 7.84. The third kappa shape index (κ3) is 1.55. The van der Waals surface area contributed by atoms with Crippen LogP contribution < -0.4 is 0 Å². The van der Waals surface area contributed by atoms with Crippen molar-refractivity contribution >= 4 is 0 Å². The van der Waals surface area contributed by atoms with E-state index in [9.17, 15) is 0 Å². The maximum Gasteiger partial charge on any atom is 0.00952 e. The number of rotatable bonds is 1. The van der Waals surface area contributed by atoms with Crippen LogP contribution in [-0.2, 0) is 6.42 Å². The number of hydrogen-bond donors (Lipinski definition) is 0. The Balaban J connectivity index is 2.01. The molecule has 16 heavy (non-hydrogen) atoms. The Hall–Kier alpha value is -1.56. The van der Waals surface area contributed by atoms with Crippen LogP contribution in [0.3, 0.4) is 0 Å². The first-order valence-electron chi connectivity index (χ1n) is 5.99. The van der Waals surface area contributed by atoms with Crippen LogP contribution >= 0.6 is 0 Å². The van der Waals surface area contributed by atoms with Gasteiger partial charge >= 0.3 is 0 Å². The fourth-order valence-corrected chi connectivity index (χ4v) is 2.70. The molecule has 0 bridgehead atoms. The molecule has 0 saturated carbocycles. The van der Waals surface area contributed by atoms with Gasteiger partial charge in [0.2, 0.25) is 0 Å². The summed E-state index contributed by atoms with van der Waals surface area (Å²) in [5.41, 5.74) is 5.88. The molecule has 1 unspecified atom stereocenters. The topological polar surface area (TPSA) is 0 Å². The summed E-state index contributed by atoms with van der Waals surface area (Å²) < 4.78 is 0. The second kappa shape index (κ2) is 3.79. The molecular weight excluding hydrogens is 192 g/mol. The van der Waals surface area contributed by atoms with Crippen molar-refractivity contribution in [3.05, 3.63) is 70.8 Å². The summed E-state index contributed by atoms with van der Waals surface area (Å²) in [5.74, 6) is 0.622. The molecule has 0 heterocycles. The van der Waals surface area contributed by atoms with Crippen LogP contribution in [0.25, 0.3) is 0 Å². The Bertz CT molecular complexity index is 494. The fourth-order valence-electron chi connectivity index (χ4n) is 2.70. The zero-order chi connectivity index (χ0) is 11.0. The van der Waals surface area contributed by atoms with E-state index in [0.717, 1.165) is 0 Å². The summed E-state index contributed by atoms with van der Waals surface area (Å²) >= 11 is 0. The molecule has 2 aromatic carbocycles. The zero-order valence-corrected chi connectivity index (χ0v) is 9.61. The van der Waals surface area contributed by atoms with Crippen LogP contribution in [0.1, 0.15) is 34.6 Å². The van der Waals surface area contributed by atoms with Crippen molar-refractivity contribution in [3.8, 4) is 0 Å². The SMILES string of the molecule is Cc1ccc(C2CCc3ccccc32)cc1. The normalized spacial score (nSPS) is 18.4. The van der Waals surface area contributed by atoms with Crippen LogP contribution in [0.4, 0.5) is 0 Å². The maximum absolute atomic E-state index is 2.28. The van der Waals surface area contributed by atoms with Crippen LogP contribution in [0, 0.1) is 6.92 Å². The van der Waals surface area contributed by atoms with Crippen molar-refractivity contribution in [1.82, 2.24) is 0 Å². The Labute approximate surface area is 96.9 Å². The van der Waals surface area contributed by atoms with E-state index in [1.165, 1.54) is 35.1 Å². The van der Waals surface area contributed by atoms with Gasteiger partial charge in [0.05, 0.1) is 0 Å². The minimum absolute atomic E-state index is 0.622. The maximum atomic E-state index is 2.28. The van der Waals surface area contributed by atoms with Gasteiger partial charge in [-0.25, -0.2) is 0 Å². The van der Waals surface area contributed by atoms with Crippen molar-refractivity contribution in [2.75, 3.05) is 0 Å². The van der Waals surface area contributed by atoms with Crippen molar-refractivity contribution in [1.29, 1.82) is 0 Å². The van der Waals surface area contributed by atoms with E-state index in [0.29, 0.717) is 5.92 Å². The molecule has 0 heteroatoms. The molecule has 0 N–H and O–H groups in total. The van der Waals surface area contributed by atoms with Gasteiger partial charge in [0.1, 0.15) is 0 Å². The molecule has 80 valence electrons. The highest BCUT2D eigenvalue weighted by molar-refractivity contribution is 5.42. The van der Waals surface area contributed by atoms with E-state index in [1.807, 2.05) is 0 Å². The number of aryl methyl sites for hydroxylation is 2. The predicted octanol–water partition coefficient (Wildman–Crippen LogP) is 4.07. The van der Waals surface area contributed by atoms with Crippen molar-refractivity contribution < 1.29 is 0 Å². The smallest absolute Gasteiger partial charge is 0.00952 e. The van der Waals surface area contributed by atoms with Crippen LogP contribution in [0.5, 0.6) is 0 Å². The standard InChI is InChI=1S/C16H16/c1-12-6-8-14(9-7-12)16-11-10-13-4-2-3-5-15(13)16/h2-9,16H,10-11H2,1H3. The van der Waals surface area contributed by atoms with E-state index in [1.54, 1.807) is 0 Å². The predicted molar refractivity (Wildman–Crippen MR) is 67.8 cm³/mol. The number of hydrogen-bond acceptors (Lipinski definition) is 0. The summed E-state index contributed by atoms with van der Waals surface area (Å²) in [4.78, 5) is 0. The Morgan fingerprint density at radius 2 is 1.69 bits per heavy atom. The van der Waals surface area contributed by atoms with Gasteiger partial charge in [0.15, 0.2) is 0 Å². The van der Waals surface area contributed by atoms with E-state index in [-0.39, 0.29) is 0 Å². The summed E-state index contributed by atoms with van der Waals surface area (Å²) in [6.45, 7) is 2.15. The summed E-state index contributed by atoms with van der Waals surface area (Å²) in [5, 5.41) is 0. The molecule has 0 radical (unpaired) electrons. The van der Waals surface area contributed by atoms with Gasteiger partial charge in [-0.05, 0) is 36.5 Å². The molecule has 3 rings (SSSR count). The molecule has 0 saturated heterocycles. The largest absolute Gasteiger partial charge is 0.0620 e. The Morgan fingerprint density at radius 1 is 0.938 bits per heavy atom. The Kier molecular flexibility index (Phi) is 2.28. The molecule has 1 aliphatic carbocycles. The van der Waals surface area contributed by atoms with Gasteiger partial charge in [-0.15, -0.1) is 0 Å². The second-order valence-electron chi connectivity index (χ2n) is 4.70. The minimum atomic E-state index is 0.622. The van der Waals surface area contributed by atoms with Crippen molar-refractivity contribution in [2.24, 2.45) is 0 Å². The van der Waals surface area contributed by atoms with E-state index >= 15 is 0 Å². The van der Waals surface area contributed by atoms with E-state index < -0.39 is 0 Å². The molecule has 0 spiro atoms. The monoisotopic (exact) mass is 208 g/mol. The lowest BCUT2D eigenvalue weighted by molar-refractivity contribution is 0.788. The third-order valence-corrected chi connectivity index (χ3v) is 3.61. The molecule has 1 aliphatic rings. The minimum Gasteiger partial charge on any atom is -0.0620 e. The van der Waals surface area contributed by atoms with Gasteiger partial charge < -0.3 is 0 Å². The van der Waals surface area contributed by atoms with E-state index in [2.05, 4.69) is 55.5 Å². The van der Waals surface area contributed by atoms with Gasteiger partial charge in [-0.1, -0.05) is 54.1 Å². The highest BCUT2D eigenvalue weighted by Gasteiger charge is 2.22. The first kappa shape index (κ1) is 9.65. The second-order valence-corrected chi connectivity index (χ2v) is 4.70. The average Bonchev–Trinajstić information content (AvgIpc) is 2.74. The number of benzene rings is 2. The molecule has 2 aromatic rings. The van der Waals surface area contributed by atoms with E-state index in [4.69, 9.17) is 0 Å². The highest BCUT2D eigenvalue weighted by atomic mass is 14.3. The fraction of sp³-hybridized carbons (Fsp3) is 0.250. The average molecular weight is 208 g/mol. The zero-order valence-electron chi connectivity index (χ0n) is 9.61. The lowest BCUT2D eigenvalue weighted by Crippen LogP contribution is -1.95. The molecule has 0 fully saturated rings. The van der Waals surface area contributed by atoms with Crippen LogP contribution in [-0.4, -0.2) is 0 Å². The lowest BCUT2D eigenvalue weighted by Gasteiger charge is -2.12. The van der Waals surface area contributed by atoms with Crippen molar-refractivity contribution in [2.45, 2.75) is 25.7 Å². The summed E-state index contributed by atoms with van der Waals surface area (Å²) in [6.07, 6.45) is 2.50. The lowest BCUT2D eigenvalue weighted by atomic mass is 9.92. The molecule has 0 aromatic heterocycles. The number of fused-ring (bicyclic) bond motifs is 1. The van der Waals surface area contributed by atoms with Crippen LogP contribution in [0.15, 0.2) is 48.5 Å². The van der Waals surface area contributed by atoms with Crippen molar-refractivity contribution in [3.63, 3.8) is 0 Å². The molecule has 0 amide bonds. The third-order valence-electron chi connectivity index (χ3n) is 3.61. The first-order valence-corrected chi connectivity index (χ1v) is 5.99. The summed E-state index contributed by atoms with van der Waals surface area (Å²) in [7, 11) is 0. The summed E-state index contributed by atoms with van der Waals surface area (Å²) in [6, 6.07) is 17.9. The van der Waals surface area contributed by atoms with Gasteiger partial charge in [-0.2, -0.15) is 0 Å². The molecular formula is C16H16. The quantitative estimate of drug-likeness (QED) is 0.662. The Morgan fingerprint density at radius 3 is 2.50 bits per heavy atom. The van der Waals surface area contributed by atoms with Gasteiger partial charge in [-0.3, -0.25) is 0 Å². The highest BCUT2D eigenvalue weighted by Crippen LogP contribution is 2.37. The molecule has 0 nitrogen and oxygen atoms in total. The molecule has 0 aliphatic heterocycles.